The van der Waals surface area contributed by atoms with Crippen LogP contribution in [0.2, 0.25) is 0 Å². The normalized spacial score (nSPS) is 10.6. The van der Waals surface area contributed by atoms with Crippen molar-refractivity contribution in [1.82, 2.24) is 9.78 Å². The van der Waals surface area contributed by atoms with Crippen LogP contribution in [0.4, 0.5) is 5.69 Å². The van der Waals surface area contributed by atoms with Crippen LogP contribution in [0.15, 0.2) is 29.0 Å². The van der Waals surface area contributed by atoms with Crippen LogP contribution in [0.1, 0.15) is 24.8 Å². The topological polar surface area (TPSA) is 43.0 Å². The standard InChI is InChI=1S/C12H17N3O/c1-3-6-15-9-12(10(2)14-15)13-8-11-5-4-7-16-11/h4-5,7,9,13H,3,6,8H2,1-2H3. The van der Waals surface area contributed by atoms with Crippen molar-refractivity contribution in [2.45, 2.75) is 33.4 Å². The molecule has 2 aromatic heterocycles. The Morgan fingerprint density at radius 1 is 1.50 bits per heavy atom. The zero-order chi connectivity index (χ0) is 11.4. The highest BCUT2D eigenvalue weighted by molar-refractivity contribution is 5.45. The molecule has 2 heterocycles. The summed E-state index contributed by atoms with van der Waals surface area (Å²) in [6.45, 7) is 5.82. The summed E-state index contributed by atoms with van der Waals surface area (Å²) in [5.41, 5.74) is 2.10. The summed E-state index contributed by atoms with van der Waals surface area (Å²) in [7, 11) is 0. The molecule has 0 atom stereocenters. The van der Waals surface area contributed by atoms with Crippen LogP contribution in [-0.4, -0.2) is 9.78 Å². The Morgan fingerprint density at radius 3 is 3.06 bits per heavy atom. The largest absolute Gasteiger partial charge is 0.467 e. The van der Waals surface area contributed by atoms with Crippen molar-refractivity contribution in [2.75, 3.05) is 5.32 Å². The quantitative estimate of drug-likeness (QED) is 0.840. The third-order valence-electron chi connectivity index (χ3n) is 2.43. The molecule has 0 radical (unpaired) electrons. The van der Waals surface area contributed by atoms with Gasteiger partial charge in [-0.25, -0.2) is 0 Å². The highest BCUT2D eigenvalue weighted by Gasteiger charge is 2.04. The van der Waals surface area contributed by atoms with Crippen LogP contribution in [-0.2, 0) is 13.1 Å². The molecule has 0 fully saturated rings. The van der Waals surface area contributed by atoms with Crippen LogP contribution >= 0.6 is 0 Å². The Hall–Kier alpha value is -1.71. The first-order valence-electron chi connectivity index (χ1n) is 5.60. The Labute approximate surface area is 95.3 Å². The molecule has 4 nitrogen and oxygen atoms in total. The Bertz CT molecular complexity index is 431. The maximum atomic E-state index is 5.26. The number of hydrogen-bond donors (Lipinski definition) is 1. The van der Waals surface area contributed by atoms with E-state index < -0.39 is 0 Å². The monoisotopic (exact) mass is 219 g/mol. The van der Waals surface area contributed by atoms with E-state index in [0.717, 1.165) is 30.1 Å². The minimum atomic E-state index is 0.700. The molecule has 0 aliphatic carbocycles. The van der Waals surface area contributed by atoms with Crippen molar-refractivity contribution in [2.24, 2.45) is 0 Å². The van der Waals surface area contributed by atoms with Gasteiger partial charge in [0.1, 0.15) is 5.76 Å². The molecule has 16 heavy (non-hydrogen) atoms. The molecule has 2 rings (SSSR count). The molecule has 0 amide bonds. The van der Waals surface area contributed by atoms with E-state index >= 15 is 0 Å². The zero-order valence-corrected chi connectivity index (χ0v) is 9.73. The first-order chi connectivity index (χ1) is 7.79. The average molecular weight is 219 g/mol. The number of anilines is 1. The van der Waals surface area contributed by atoms with Crippen molar-refractivity contribution in [3.05, 3.63) is 36.0 Å². The highest BCUT2D eigenvalue weighted by Crippen LogP contribution is 2.14. The third-order valence-corrected chi connectivity index (χ3v) is 2.43. The molecule has 0 saturated heterocycles. The van der Waals surface area contributed by atoms with Gasteiger partial charge in [0.05, 0.1) is 24.2 Å². The van der Waals surface area contributed by atoms with Crippen LogP contribution < -0.4 is 5.32 Å². The van der Waals surface area contributed by atoms with Gasteiger partial charge in [0.2, 0.25) is 0 Å². The molecule has 0 unspecified atom stereocenters. The second kappa shape index (κ2) is 4.88. The number of aryl methyl sites for hydroxylation is 2. The minimum absolute atomic E-state index is 0.700. The number of hydrogen-bond acceptors (Lipinski definition) is 3. The van der Waals surface area contributed by atoms with Gasteiger partial charge in [0.15, 0.2) is 0 Å². The van der Waals surface area contributed by atoms with E-state index in [2.05, 4.69) is 17.3 Å². The summed E-state index contributed by atoms with van der Waals surface area (Å²) in [5, 5.41) is 7.74. The first-order valence-corrected chi connectivity index (χ1v) is 5.60. The van der Waals surface area contributed by atoms with Gasteiger partial charge >= 0.3 is 0 Å². The number of aromatic nitrogens is 2. The lowest BCUT2D eigenvalue weighted by Crippen LogP contribution is -1.98. The molecule has 4 heteroatoms. The fourth-order valence-corrected chi connectivity index (χ4v) is 1.63. The highest BCUT2D eigenvalue weighted by atomic mass is 16.3. The minimum Gasteiger partial charge on any atom is -0.467 e. The Balaban J connectivity index is 1.98. The van der Waals surface area contributed by atoms with E-state index in [-0.39, 0.29) is 0 Å². The molecule has 0 aliphatic heterocycles. The third kappa shape index (κ3) is 2.45. The average Bonchev–Trinajstić information content (AvgIpc) is 2.86. The van der Waals surface area contributed by atoms with Crippen molar-refractivity contribution < 1.29 is 4.42 Å². The molecule has 0 aliphatic rings. The molecular weight excluding hydrogens is 202 g/mol. The number of nitrogens with one attached hydrogen (secondary N) is 1. The first kappa shape index (κ1) is 10.8. The van der Waals surface area contributed by atoms with Gasteiger partial charge in [0.25, 0.3) is 0 Å². The number of rotatable bonds is 5. The molecule has 0 bridgehead atoms. The van der Waals surface area contributed by atoms with Crippen LogP contribution in [0.3, 0.4) is 0 Å². The van der Waals surface area contributed by atoms with E-state index in [1.807, 2.05) is 29.9 Å². The van der Waals surface area contributed by atoms with Crippen molar-refractivity contribution >= 4 is 5.69 Å². The van der Waals surface area contributed by atoms with Gasteiger partial charge in [-0.1, -0.05) is 6.92 Å². The van der Waals surface area contributed by atoms with Gasteiger partial charge in [-0.2, -0.15) is 5.10 Å². The van der Waals surface area contributed by atoms with E-state index in [1.165, 1.54) is 0 Å². The van der Waals surface area contributed by atoms with Crippen molar-refractivity contribution in [3.8, 4) is 0 Å². The molecule has 0 saturated carbocycles. The number of nitrogens with zero attached hydrogens (tertiary/aromatic N) is 2. The van der Waals surface area contributed by atoms with Crippen molar-refractivity contribution in [3.63, 3.8) is 0 Å². The summed E-state index contributed by atoms with van der Waals surface area (Å²) in [6.07, 6.45) is 4.82. The van der Waals surface area contributed by atoms with Gasteiger partial charge in [0, 0.05) is 12.7 Å². The van der Waals surface area contributed by atoms with Gasteiger partial charge in [-0.15, -0.1) is 0 Å². The molecule has 2 aromatic rings. The zero-order valence-electron chi connectivity index (χ0n) is 9.73. The second-order valence-electron chi connectivity index (χ2n) is 3.82. The van der Waals surface area contributed by atoms with E-state index in [4.69, 9.17) is 4.42 Å². The maximum absolute atomic E-state index is 5.26. The smallest absolute Gasteiger partial charge is 0.122 e. The van der Waals surface area contributed by atoms with Crippen molar-refractivity contribution in [1.29, 1.82) is 0 Å². The fourth-order valence-electron chi connectivity index (χ4n) is 1.63. The Kier molecular flexibility index (Phi) is 3.29. The fraction of sp³-hybridized carbons (Fsp3) is 0.417. The number of furan rings is 1. The molecule has 0 spiro atoms. The van der Waals surface area contributed by atoms with E-state index in [0.29, 0.717) is 6.54 Å². The predicted molar refractivity (Wildman–Crippen MR) is 63.3 cm³/mol. The van der Waals surface area contributed by atoms with Crippen LogP contribution in [0.5, 0.6) is 0 Å². The van der Waals surface area contributed by atoms with Gasteiger partial charge in [-0.3, -0.25) is 4.68 Å². The van der Waals surface area contributed by atoms with E-state index in [1.54, 1.807) is 6.26 Å². The summed E-state index contributed by atoms with van der Waals surface area (Å²) in [5.74, 6) is 0.933. The Morgan fingerprint density at radius 2 is 2.38 bits per heavy atom. The summed E-state index contributed by atoms with van der Waals surface area (Å²) in [4.78, 5) is 0. The molecule has 0 aromatic carbocycles. The second-order valence-corrected chi connectivity index (χ2v) is 3.82. The summed E-state index contributed by atoms with van der Waals surface area (Å²) >= 11 is 0. The van der Waals surface area contributed by atoms with Gasteiger partial charge < -0.3 is 9.73 Å². The van der Waals surface area contributed by atoms with E-state index in [9.17, 15) is 0 Å². The summed E-state index contributed by atoms with van der Waals surface area (Å²) in [6, 6.07) is 3.85. The maximum Gasteiger partial charge on any atom is 0.122 e. The van der Waals surface area contributed by atoms with Crippen LogP contribution in [0, 0.1) is 6.92 Å². The summed E-state index contributed by atoms with van der Waals surface area (Å²) < 4.78 is 7.23. The molecule has 1 N–H and O–H groups in total. The SMILES string of the molecule is CCCn1cc(NCc2ccco2)c(C)n1. The van der Waals surface area contributed by atoms with Gasteiger partial charge in [-0.05, 0) is 25.5 Å². The van der Waals surface area contributed by atoms with Crippen LogP contribution in [0.25, 0.3) is 0 Å². The predicted octanol–water partition coefficient (Wildman–Crippen LogP) is 2.81. The lowest BCUT2D eigenvalue weighted by Gasteiger charge is -2.01. The lowest BCUT2D eigenvalue weighted by molar-refractivity contribution is 0.518. The molecule has 86 valence electrons. The lowest BCUT2D eigenvalue weighted by atomic mass is 10.4. The molecular formula is C12H17N3O.